The van der Waals surface area contributed by atoms with Crippen molar-refractivity contribution in [1.29, 1.82) is 0 Å². The normalized spacial score (nSPS) is 24.7. The fourth-order valence-corrected chi connectivity index (χ4v) is 3.50. The molecule has 0 spiro atoms. The predicted molar refractivity (Wildman–Crippen MR) is 104 cm³/mol. The third-order valence-corrected chi connectivity index (χ3v) is 5.13. The van der Waals surface area contributed by atoms with Crippen LogP contribution < -0.4 is 9.47 Å². The van der Waals surface area contributed by atoms with E-state index < -0.39 is 36.4 Å². The van der Waals surface area contributed by atoms with Crippen LogP contribution in [0.15, 0.2) is 48.5 Å². The smallest absolute Gasteiger partial charge is 0.338 e. The first-order valence-corrected chi connectivity index (χ1v) is 9.52. The van der Waals surface area contributed by atoms with Crippen LogP contribution in [-0.2, 0) is 18.9 Å². The van der Waals surface area contributed by atoms with Crippen molar-refractivity contribution in [2.75, 3.05) is 27.4 Å². The highest BCUT2D eigenvalue weighted by atomic mass is 16.7. The molecule has 4 unspecified atom stereocenters. The van der Waals surface area contributed by atoms with E-state index in [-0.39, 0.29) is 13.2 Å². The lowest BCUT2D eigenvalue weighted by atomic mass is 10.1. The first-order chi connectivity index (χ1) is 14.6. The summed E-state index contributed by atoms with van der Waals surface area (Å²) in [5.41, 5.74) is 0.805. The Bertz CT molecular complexity index is 817. The van der Waals surface area contributed by atoms with Crippen molar-refractivity contribution >= 4 is 11.9 Å². The number of ether oxygens (including phenoxy) is 6. The average molecular weight is 414 g/mol. The van der Waals surface area contributed by atoms with E-state index in [9.17, 15) is 9.59 Å². The summed E-state index contributed by atoms with van der Waals surface area (Å²) in [6.07, 6.45) is -2.12. The maximum atomic E-state index is 12.4. The Hall–Kier alpha value is -3.10. The second kappa shape index (κ2) is 8.73. The summed E-state index contributed by atoms with van der Waals surface area (Å²) in [5, 5.41) is 0. The van der Waals surface area contributed by atoms with Crippen LogP contribution in [0.5, 0.6) is 11.5 Å². The van der Waals surface area contributed by atoms with E-state index in [1.165, 1.54) is 0 Å². The molecule has 0 bridgehead atoms. The SMILES string of the molecule is COc1ccc(C(=O)OC2COC3C(OC(=O)c4ccc(OC)cc4)COC23)cc1. The van der Waals surface area contributed by atoms with Crippen molar-refractivity contribution in [3.8, 4) is 11.5 Å². The van der Waals surface area contributed by atoms with Crippen LogP contribution in [0.1, 0.15) is 20.7 Å². The van der Waals surface area contributed by atoms with Crippen molar-refractivity contribution in [1.82, 2.24) is 0 Å². The lowest BCUT2D eigenvalue weighted by Gasteiger charge is -2.17. The first kappa shape index (κ1) is 20.2. The molecule has 2 aromatic carbocycles. The summed E-state index contributed by atoms with van der Waals surface area (Å²) >= 11 is 0. The number of hydrogen-bond acceptors (Lipinski definition) is 8. The Balaban J connectivity index is 1.34. The van der Waals surface area contributed by atoms with Gasteiger partial charge in [-0.1, -0.05) is 0 Å². The quantitative estimate of drug-likeness (QED) is 0.665. The number of methoxy groups -OCH3 is 2. The highest BCUT2D eigenvalue weighted by Gasteiger charge is 2.51. The van der Waals surface area contributed by atoms with Gasteiger partial charge in [0.1, 0.15) is 23.7 Å². The summed E-state index contributed by atoms with van der Waals surface area (Å²) in [6.45, 7) is 0.349. The Labute approximate surface area is 173 Å². The molecule has 8 heteroatoms. The Morgan fingerprint density at radius 2 is 1.07 bits per heavy atom. The molecule has 2 aromatic rings. The molecule has 0 aromatic heterocycles. The van der Waals surface area contributed by atoms with Gasteiger partial charge in [-0.15, -0.1) is 0 Å². The fourth-order valence-electron chi connectivity index (χ4n) is 3.50. The van der Waals surface area contributed by atoms with E-state index >= 15 is 0 Å². The van der Waals surface area contributed by atoms with Crippen molar-refractivity contribution in [3.63, 3.8) is 0 Å². The number of esters is 2. The summed E-state index contributed by atoms with van der Waals surface area (Å²) in [4.78, 5) is 24.8. The van der Waals surface area contributed by atoms with Gasteiger partial charge in [-0.2, -0.15) is 0 Å². The van der Waals surface area contributed by atoms with E-state index in [0.29, 0.717) is 22.6 Å². The van der Waals surface area contributed by atoms with Crippen LogP contribution in [0.3, 0.4) is 0 Å². The molecular formula is C22H22O8. The molecule has 2 heterocycles. The number of benzene rings is 2. The number of rotatable bonds is 6. The van der Waals surface area contributed by atoms with Gasteiger partial charge in [0.05, 0.1) is 38.6 Å². The Kier molecular flexibility index (Phi) is 5.87. The van der Waals surface area contributed by atoms with Crippen molar-refractivity contribution in [2.24, 2.45) is 0 Å². The van der Waals surface area contributed by atoms with Crippen molar-refractivity contribution in [2.45, 2.75) is 24.4 Å². The van der Waals surface area contributed by atoms with Gasteiger partial charge in [0.15, 0.2) is 12.2 Å². The Morgan fingerprint density at radius 1 is 0.700 bits per heavy atom. The number of carbonyl (C=O) groups is 2. The molecule has 2 saturated heterocycles. The van der Waals surface area contributed by atoms with Gasteiger partial charge in [0.25, 0.3) is 0 Å². The van der Waals surface area contributed by atoms with Crippen LogP contribution in [0.25, 0.3) is 0 Å². The molecule has 4 rings (SSSR count). The molecule has 0 N–H and O–H groups in total. The summed E-state index contributed by atoms with van der Waals surface area (Å²) in [7, 11) is 3.11. The molecule has 158 valence electrons. The molecule has 2 aliphatic rings. The Morgan fingerprint density at radius 3 is 1.40 bits per heavy atom. The van der Waals surface area contributed by atoms with E-state index in [0.717, 1.165) is 0 Å². The summed E-state index contributed by atoms with van der Waals surface area (Å²) in [6, 6.07) is 13.3. The second-order valence-corrected chi connectivity index (χ2v) is 6.94. The van der Waals surface area contributed by atoms with Crippen LogP contribution in [0.2, 0.25) is 0 Å². The first-order valence-electron chi connectivity index (χ1n) is 9.52. The van der Waals surface area contributed by atoms with Gasteiger partial charge >= 0.3 is 11.9 Å². The molecule has 2 fully saturated rings. The van der Waals surface area contributed by atoms with Crippen LogP contribution in [0.4, 0.5) is 0 Å². The minimum atomic E-state index is -0.575. The van der Waals surface area contributed by atoms with Crippen molar-refractivity contribution in [3.05, 3.63) is 59.7 Å². The maximum Gasteiger partial charge on any atom is 0.338 e. The molecule has 0 radical (unpaired) electrons. The van der Waals surface area contributed by atoms with Gasteiger partial charge < -0.3 is 28.4 Å². The van der Waals surface area contributed by atoms with Gasteiger partial charge in [0, 0.05) is 0 Å². The summed E-state index contributed by atoms with van der Waals surface area (Å²) in [5.74, 6) is 0.344. The largest absolute Gasteiger partial charge is 0.497 e. The zero-order valence-corrected chi connectivity index (χ0v) is 16.6. The van der Waals surface area contributed by atoms with Crippen LogP contribution in [0, 0.1) is 0 Å². The topological polar surface area (TPSA) is 89.5 Å². The number of fused-ring (bicyclic) bond motifs is 1. The lowest BCUT2D eigenvalue weighted by molar-refractivity contribution is -0.0287. The molecule has 0 amide bonds. The third-order valence-electron chi connectivity index (χ3n) is 5.13. The zero-order valence-electron chi connectivity index (χ0n) is 16.6. The molecule has 30 heavy (non-hydrogen) atoms. The number of carbonyl (C=O) groups excluding carboxylic acids is 2. The van der Waals surface area contributed by atoms with Gasteiger partial charge in [0.2, 0.25) is 0 Å². The average Bonchev–Trinajstić information content (AvgIpc) is 3.37. The minimum absolute atomic E-state index is 0.174. The van der Waals surface area contributed by atoms with Crippen molar-refractivity contribution < 1.29 is 38.0 Å². The van der Waals surface area contributed by atoms with Crippen LogP contribution in [-0.4, -0.2) is 63.8 Å². The molecule has 2 aliphatic heterocycles. The van der Waals surface area contributed by atoms with E-state index in [2.05, 4.69) is 0 Å². The van der Waals surface area contributed by atoms with E-state index in [1.807, 2.05) is 0 Å². The zero-order chi connectivity index (χ0) is 21.1. The summed E-state index contributed by atoms with van der Waals surface area (Å²) < 4.78 is 32.8. The minimum Gasteiger partial charge on any atom is -0.497 e. The van der Waals surface area contributed by atoms with E-state index in [1.54, 1.807) is 62.8 Å². The highest BCUT2D eigenvalue weighted by molar-refractivity contribution is 5.90. The van der Waals surface area contributed by atoms with Gasteiger partial charge in [-0.05, 0) is 48.5 Å². The van der Waals surface area contributed by atoms with Crippen LogP contribution >= 0.6 is 0 Å². The predicted octanol–water partition coefficient (Wildman–Crippen LogP) is 2.25. The molecule has 0 saturated carbocycles. The lowest BCUT2D eigenvalue weighted by Crippen LogP contribution is -2.36. The van der Waals surface area contributed by atoms with E-state index in [4.69, 9.17) is 28.4 Å². The van der Waals surface area contributed by atoms with Gasteiger partial charge in [-0.25, -0.2) is 9.59 Å². The number of hydrogen-bond donors (Lipinski definition) is 0. The maximum absolute atomic E-state index is 12.4. The monoisotopic (exact) mass is 414 g/mol. The second-order valence-electron chi connectivity index (χ2n) is 6.94. The third kappa shape index (κ3) is 4.10. The fraction of sp³-hybridized carbons (Fsp3) is 0.364. The molecule has 4 atom stereocenters. The molecule has 0 aliphatic carbocycles. The standard InChI is InChI=1S/C22H22O8/c1-25-15-7-3-13(4-8-15)21(23)29-17-11-27-20-18(12-28-19(17)20)30-22(24)14-5-9-16(26-2)10-6-14/h3-10,17-20H,11-12H2,1-2H3. The molecule has 8 nitrogen and oxygen atoms in total. The molecular weight excluding hydrogens is 392 g/mol. The highest BCUT2D eigenvalue weighted by Crippen LogP contribution is 2.31. The van der Waals surface area contributed by atoms with Gasteiger partial charge in [-0.3, -0.25) is 0 Å².